The van der Waals surface area contributed by atoms with Gasteiger partial charge >= 0.3 is 0 Å². The average Bonchev–Trinajstić information content (AvgIpc) is 1.85. The van der Waals surface area contributed by atoms with Crippen LogP contribution in [0.2, 0.25) is 0 Å². The smallest absolute Gasteiger partial charge is 0.00519 e. The second-order valence-corrected chi connectivity index (χ2v) is 3.52. The molecule has 0 aliphatic heterocycles. The Morgan fingerprint density at radius 2 is 2.11 bits per heavy atom. The normalized spacial score (nSPS) is 9.56. The van der Waals surface area contributed by atoms with Gasteiger partial charge in [0.25, 0.3) is 0 Å². The summed E-state index contributed by atoms with van der Waals surface area (Å²) >= 11 is 1.88. The van der Waals surface area contributed by atoms with Crippen molar-refractivity contribution in [2.45, 2.75) is 33.1 Å². The maximum Gasteiger partial charge on any atom is -0.00519 e. The number of unbranched alkanes of at least 4 members (excludes halogenated alkanes) is 1. The fraction of sp³-hybridized carbons (Fsp3) is 0.750. The highest BCUT2D eigenvalue weighted by Crippen LogP contribution is 2.18. The van der Waals surface area contributed by atoms with Crippen LogP contribution in [0.4, 0.5) is 0 Å². The molecule has 0 amide bonds. The molecular weight excluding hydrogens is 128 g/mol. The Balaban J connectivity index is 3.06. The van der Waals surface area contributed by atoms with Crippen molar-refractivity contribution >= 4 is 11.8 Å². The third kappa shape index (κ3) is 5.97. The molecule has 0 heterocycles. The quantitative estimate of drug-likeness (QED) is 0.569. The highest BCUT2D eigenvalue weighted by atomic mass is 32.2. The Kier molecular flexibility index (Phi) is 6.28. The van der Waals surface area contributed by atoms with Gasteiger partial charge in [-0.3, -0.25) is 0 Å². The predicted octanol–water partition coefficient (Wildman–Crippen LogP) is 3.44. The number of thioether (sulfide) groups is 1. The Morgan fingerprint density at radius 3 is 2.56 bits per heavy atom. The summed E-state index contributed by atoms with van der Waals surface area (Å²) in [6, 6.07) is 0. The average molecular weight is 144 g/mol. The Hall–Kier alpha value is 0.0900. The third-order valence-electron chi connectivity index (χ3n) is 1.16. The van der Waals surface area contributed by atoms with Crippen LogP contribution in [0.25, 0.3) is 0 Å². The van der Waals surface area contributed by atoms with E-state index in [1.807, 2.05) is 11.8 Å². The van der Waals surface area contributed by atoms with Gasteiger partial charge in [0.15, 0.2) is 0 Å². The first-order valence-corrected chi connectivity index (χ1v) is 4.60. The van der Waals surface area contributed by atoms with Crippen molar-refractivity contribution in [3.8, 4) is 0 Å². The molecule has 0 bridgehead atoms. The summed E-state index contributed by atoms with van der Waals surface area (Å²) < 4.78 is 0. The lowest BCUT2D eigenvalue weighted by molar-refractivity contribution is 0.810. The van der Waals surface area contributed by atoms with Gasteiger partial charge in [0, 0.05) is 0 Å². The van der Waals surface area contributed by atoms with Gasteiger partial charge in [-0.05, 0) is 23.5 Å². The molecule has 54 valence electrons. The molecule has 0 atom stereocenters. The maximum atomic E-state index is 3.94. The van der Waals surface area contributed by atoms with Gasteiger partial charge in [-0.15, -0.1) is 11.8 Å². The Morgan fingerprint density at radius 1 is 1.44 bits per heavy atom. The van der Waals surface area contributed by atoms with E-state index in [4.69, 9.17) is 0 Å². The molecular formula is C8H16S. The number of rotatable bonds is 5. The zero-order valence-electron chi connectivity index (χ0n) is 6.44. The van der Waals surface area contributed by atoms with E-state index in [2.05, 4.69) is 20.4 Å². The first kappa shape index (κ1) is 9.09. The van der Waals surface area contributed by atoms with Gasteiger partial charge in [0.1, 0.15) is 0 Å². The monoisotopic (exact) mass is 144 g/mol. The minimum Gasteiger partial charge on any atom is -0.132 e. The summed E-state index contributed by atoms with van der Waals surface area (Å²) in [6.07, 6.45) is 3.78. The van der Waals surface area contributed by atoms with Crippen molar-refractivity contribution in [3.63, 3.8) is 0 Å². The Bertz CT molecular complexity index is 76.6. The lowest BCUT2D eigenvalue weighted by atomic mass is 10.2. The summed E-state index contributed by atoms with van der Waals surface area (Å²) in [5.74, 6) is 1.17. The lowest BCUT2D eigenvalue weighted by Gasteiger charge is -1.99. The zero-order chi connectivity index (χ0) is 7.11. The summed E-state index contributed by atoms with van der Waals surface area (Å²) in [6.45, 7) is 8.33. The summed E-state index contributed by atoms with van der Waals surface area (Å²) in [5, 5.41) is 0. The molecule has 0 aromatic rings. The number of hydrogen-bond acceptors (Lipinski definition) is 1. The molecule has 0 spiro atoms. The van der Waals surface area contributed by atoms with E-state index >= 15 is 0 Å². The minimum absolute atomic E-state index is 1.17. The van der Waals surface area contributed by atoms with E-state index in [0.717, 1.165) is 0 Å². The van der Waals surface area contributed by atoms with Gasteiger partial charge in [0.2, 0.25) is 0 Å². The van der Waals surface area contributed by atoms with Crippen molar-refractivity contribution in [1.82, 2.24) is 0 Å². The number of hydrogen-bond donors (Lipinski definition) is 0. The third-order valence-corrected chi connectivity index (χ3v) is 2.06. The molecule has 0 aromatic heterocycles. The van der Waals surface area contributed by atoms with Crippen molar-refractivity contribution in [2.75, 3.05) is 5.75 Å². The van der Waals surface area contributed by atoms with Crippen molar-refractivity contribution in [2.24, 2.45) is 0 Å². The van der Waals surface area contributed by atoms with Crippen LogP contribution in [0.3, 0.4) is 0 Å². The minimum atomic E-state index is 1.17. The molecule has 0 N–H and O–H groups in total. The molecule has 0 aliphatic carbocycles. The van der Waals surface area contributed by atoms with E-state index in [0.29, 0.717) is 0 Å². The van der Waals surface area contributed by atoms with Crippen LogP contribution in [-0.2, 0) is 0 Å². The van der Waals surface area contributed by atoms with Gasteiger partial charge in [-0.2, -0.15) is 0 Å². The van der Waals surface area contributed by atoms with Crippen LogP contribution in [0.15, 0.2) is 11.5 Å². The molecule has 1 heteroatoms. The first-order chi connectivity index (χ1) is 4.31. The molecule has 0 saturated heterocycles. The van der Waals surface area contributed by atoms with Gasteiger partial charge < -0.3 is 0 Å². The zero-order valence-corrected chi connectivity index (χ0v) is 7.26. The van der Waals surface area contributed by atoms with Gasteiger partial charge in [-0.25, -0.2) is 0 Å². The van der Waals surface area contributed by atoms with Crippen LogP contribution >= 0.6 is 11.8 Å². The second kappa shape index (κ2) is 6.21. The highest BCUT2D eigenvalue weighted by Gasteiger charge is 1.90. The van der Waals surface area contributed by atoms with Gasteiger partial charge in [0.05, 0.1) is 0 Å². The van der Waals surface area contributed by atoms with E-state index < -0.39 is 0 Å². The molecule has 0 saturated carbocycles. The summed E-state index contributed by atoms with van der Waals surface area (Å²) in [7, 11) is 0. The van der Waals surface area contributed by atoms with E-state index in [1.54, 1.807) is 0 Å². The van der Waals surface area contributed by atoms with Crippen molar-refractivity contribution in [1.29, 1.82) is 0 Å². The van der Waals surface area contributed by atoms with Crippen LogP contribution in [-0.4, -0.2) is 5.75 Å². The standard InChI is InChI=1S/C8H16S/c1-4-6-7-8(3)9-5-2/h3-7H2,1-2H3. The topological polar surface area (TPSA) is 0 Å². The lowest BCUT2D eigenvalue weighted by Crippen LogP contribution is -1.76. The molecule has 0 rings (SSSR count). The van der Waals surface area contributed by atoms with E-state index in [9.17, 15) is 0 Å². The maximum absolute atomic E-state index is 3.94. The summed E-state index contributed by atoms with van der Waals surface area (Å²) in [4.78, 5) is 1.35. The molecule has 9 heavy (non-hydrogen) atoms. The molecule has 0 aliphatic rings. The second-order valence-electron chi connectivity index (χ2n) is 2.08. The Labute approximate surface area is 62.7 Å². The molecule has 0 aromatic carbocycles. The predicted molar refractivity (Wildman–Crippen MR) is 46.8 cm³/mol. The molecule has 0 unspecified atom stereocenters. The van der Waals surface area contributed by atoms with E-state index in [1.165, 1.54) is 29.9 Å². The molecule has 0 nitrogen and oxygen atoms in total. The molecule has 0 fully saturated rings. The largest absolute Gasteiger partial charge is 0.132 e. The van der Waals surface area contributed by atoms with Crippen LogP contribution in [0, 0.1) is 0 Å². The van der Waals surface area contributed by atoms with Crippen LogP contribution in [0.1, 0.15) is 33.1 Å². The van der Waals surface area contributed by atoms with Crippen molar-refractivity contribution < 1.29 is 0 Å². The fourth-order valence-electron chi connectivity index (χ4n) is 0.650. The van der Waals surface area contributed by atoms with E-state index in [-0.39, 0.29) is 0 Å². The number of allylic oxidation sites excluding steroid dienone is 1. The fourth-order valence-corrected chi connectivity index (χ4v) is 1.35. The summed E-state index contributed by atoms with van der Waals surface area (Å²) in [5.41, 5.74) is 0. The highest BCUT2D eigenvalue weighted by molar-refractivity contribution is 8.03. The van der Waals surface area contributed by atoms with Gasteiger partial charge in [-0.1, -0.05) is 26.8 Å². The first-order valence-electron chi connectivity index (χ1n) is 3.61. The van der Waals surface area contributed by atoms with Crippen LogP contribution < -0.4 is 0 Å². The van der Waals surface area contributed by atoms with Crippen molar-refractivity contribution in [3.05, 3.63) is 11.5 Å². The molecule has 0 radical (unpaired) electrons. The van der Waals surface area contributed by atoms with Crippen LogP contribution in [0.5, 0.6) is 0 Å². The SMILES string of the molecule is C=C(CCCC)SCC.